The van der Waals surface area contributed by atoms with Gasteiger partial charge in [-0.2, -0.15) is 5.10 Å². The maximum atomic E-state index is 4.99. The molecule has 0 fully saturated rings. The van der Waals surface area contributed by atoms with Gasteiger partial charge in [-0.25, -0.2) is 4.98 Å². The molecule has 0 aliphatic heterocycles. The molecule has 0 aliphatic carbocycles. The SMILES string of the molecule is CC.COc1cc2c(C)[nH]nc2cn1. The number of rotatable bonds is 1. The molecule has 2 aromatic rings. The summed E-state index contributed by atoms with van der Waals surface area (Å²) < 4.78 is 4.99. The zero-order valence-corrected chi connectivity index (χ0v) is 8.96. The molecule has 0 saturated carbocycles. The standard InChI is InChI=1S/C8H9N3O.C2H6/c1-5-6-3-8(12-2)9-4-7(6)11-10-5;1-2/h3-4H,1-2H3,(H,10,11);1-2H3. The summed E-state index contributed by atoms with van der Waals surface area (Å²) in [5.41, 5.74) is 1.90. The Morgan fingerprint density at radius 1 is 1.36 bits per heavy atom. The number of ether oxygens (including phenoxy) is 1. The Kier molecular flexibility index (Phi) is 3.45. The summed E-state index contributed by atoms with van der Waals surface area (Å²) in [5.74, 6) is 0.618. The second-order valence-electron chi connectivity index (χ2n) is 2.59. The van der Waals surface area contributed by atoms with E-state index in [-0.39, 0.29) is 0 Å². The van der Waals surface area contributed by atoms with Gasteiger partial charge in [-0.05, 0) is 6.92 Å². The first-order valence-corrected chi connectivity index (χ1v) is 4.66. The van der Waals surface area contributed by atoms with Crippen molar-refractivity contribution in [2.75, 3.05) is 7.11 Å². The first kappa shape index (κ1) is 10.5. The summed E-state index contributed by atoms with van der Waals surface area (Å²) in [7, 11) is 1.60. The Morgan fingerprint density at radius 3 is 2.71 bits per heavy atom. The van der Waals surface area contributed by atoms with Gasteiger partial charge in [0.05, 0.1) is 13.3 Å². The lowest BCUT2D eigenvalue weighted by atomic mass is 10.2. The molecule has 76 valence electrons. The van der Waals surface area contributed by atoms with E-state index in [2.05, 4.69) is 15.2 Å². The Morgan fingerprint density at radius 2 is 2.07 bits per heavy atom. The molecule has 0 amide bonds. The molecular formula is C10H15N3O. The summed E-state index contributed by atoms with van der Waals surface area (Å²) in [4.78, 5) is 4.03. The quantitative estimate of drug-likeness (QED) is 0.756. The van der Waals surface area contributed by atoms with Crippen LogP contribution in [0.1, 0.15) is 19.5 Å². The minimum absolute atomic E-state index is 0.618. The van der Waals surface area contributed by atoms with Crippen LogP contribution in [0.3, 0.4) is 0 Å². The van der Waals surface area contributed by atoms with E-state index in [1.54, 1.807) is 13.3 Å². The molecular weight excluding hydrogens is 178 g/mol. The van der Waals surface area contributed by atoms with Crippen LogP contribution in [0.2, 0.25) is 0 Å². The van der Waals surface area contributed by atoms with Crippen LogP contribution in [-0.2, 0) is 0 Å². The average molecular weight is 193 g/mol. The minimum Gasteiger partial charge on any atom is -0.481 e. The molecule has 0 bridgehead atoms. The number of hydrogen-bond donors (Lipinski definition) is 1. The van der Waals surface area contributed by atoms with Crippen LogP contribution in [0, 0.1) is 6.92 Å². The van der Waals surface area contributed by atoms with Gasteiger partial charge in [0.15, 0.2) is 0 Å². The molecule has 4 nitrogen and oxygen atoms in total. The molecule has 0 aromatic carbocycles. The molecule has 2 rings (SSSR count). The smallest absolute Gasteiger partial charge is 0.213 e. The van der Waals surface area contributed by atoms with Crippen LogP contribution >= 0.6 is 0 Å². The predicted octanol–water partition coefficient (Wildman–Crippen LogP) is 2.30. The highest BCUT2D eigenvalue weighted by atomic mass is 16.5. The Labute approximate surface area is 83.3 Å². The van der Waals surface area contributed by atoms with Gasteiger partial charge < -0.3 is 4.74 Å². The third-order valence-corrected chi connectivity index (χ3v) is 1.82. The fourth-order valence-corrected chi connectivity index (χ4v) is 1.13. The van der Waals surface area contributed by atoms with Crippen molar-refractivity contribution in [1.82, 2.24) is 15.2 Å². The lowest BCUT2D eigenvalue weighted by Gasteiger charge is -1.96. The van der Waals surface area contributed by atoms with Gasteiger partial charge in [0.25, 0.3) is 0 Å². The molecule has 0 aliphatic rings. The lowest BCUT2D eigenvalue weighted by Crippen LogP contribution is -1.85. The van der Waals surface area contributed by atoms with E-state index in [0.29, 0.717) is 5.88 Å². The molecule has 2 heterocycles. The summed E-state index contributed by atoms with van der Waals surface area (Å²) >= 11 is 0. The number of nitrogens with one attached hydrogen (secondary N) is 1. The summed E-state index contributed by atoms with van der Waals surface area (Å²) in [6.07, 6.45) is 1.69. The highest BCUT2D eigenvalue weighted by molar-refractivity contribution is 5.81. The second-order valence-corrected chi connectivity index (χ2v) is 2.59. The monoisotopic (exact) mass is 193 g/mol. The van der Waals surface area contributed by atoms with Crippen LogP contribution in [0.25, 0.3) is 10.9 Å². The van der Waals surface area contributed by atoms with Gasteiger partial charge in [0, 0.05) is 17.1 Å². The highest BCUT2D eigenvalue weighted by Gasteiger charge is 2.02. The minimum atomic E-state index is 0.618. The molecule has 0 unspecified atom stereocenters. The number of pyridine rings is 1. The lowest BCUT2D eigenvalue weighted by molar-refractivity contribution is 0.398. The number of aryl methyl sites for hydroxylation is 1. The van der Waals surface area contributed by atoms with Crippen molar-refractivity contribution >= 4 is 10.9 Å². The second kappa shape index (κ2) is 4.60. The summed E-state index contributed by atoms with van der Waals surface area (Å²) in [6.45, 7) is 5.97. The van der Waals surface area contributed by atoms with Gasteiger partial charge >= 0.3 is 0 Å². The molecule has 0 saturated heterocycles. The normalized spacial score (nSPS) is 9.43. The predicted molar refractivity (Wildman–Crippen MR) is 56.5 cm³/mol. The van der Waals surface area contributed by atoms with Crippen LogP contribution in [0.15, 0.2) is 12.3 Å². The number of H-pyrrole nitrogens is 1. The van der Waals surface area contributed by atoms with Crippen molar-refractivity contribution in [3.8, 4) is 5.88 Å². The van der Waals surface area contributed by atoms with Crippen molar-refractivity contribution in [2.24, 2.45) is 0 Å². The van der Waals surface area contributed by atoms with Crippen LogP contribution in [0.5, 0.6) is 5.88 Å². The summed E-state index contributed by atoms with van der Waals surface area (Å²) in [5, 5.41) is 7.99. The van der Waals surface area contributed by atoms with Crippen molar-refractivity contribution in [3.63, 3.8) is 0 Å². The molecule has 0 spiro atoms. The third-order valence-electron chi connectivity index (χ3n) is 1.82. The number of methoxy groups -OCH3 is 1. The first-order chi connectivity index (χ1) is 6.81. The number of fused-ring (bicyclic) bond motifs is 1. The fourth-order valence-electron chi connectivity index (χ4n) is 1.13. The largest absolute Gasteiger partial charge is 0.481 e. The summed E-state index contributed by atoms with van der Waals surface area (Å²) in [6, 6.07) is 1.87. The van der Waals surface area contributed by atoms with Gasteiger partial charge in [-0.15, -0.1) is 0 Å². The van der Waals surface area contributed by atoms with Gasteiger partial charge in [0.1, 0.15) is 5.52 Å². The van der Waals surface area contributed by atoms with Gasteiger partial charge in [0.2, 0.25) is 5.88 Å². The zero-order valence-electron chi connectivity index (χ0n) is 8.96. The average Bonchev–Trinajstić information content (AvgIpc) is 2.63. The molecule has 4 heteroatoms. The molecule has 0 radical (unpaired) electrons. The number of aromatic amines is 1. The van der Waals surface area contributed by atoms with Crippen LogP contribution in [0.4, 0.5) is 0 Å². The van der Waals surface area contributed by atoms with Crippen molar-refractivity contribution in [2.45, 2.75) is 20.8 Å². The van der Waals surface area contributed by atoms with Gasteiger partial charge in [-0.1, -0.05) is 13.8 Å². The molecule has 1 N–H and O–H groups in total. The Bertz CT molecular complexity index is 409. The topological polar surface area (TPSA) is 50.8 Å². The van der Waals surface area contributed by atoms with E-state index in [9.17, 15) is 0 Å². The number of aromatic nitrogens is 3. The van der Waals surface area contributed by atoms with E-state index in [1.807, 2.05) is 26.8 Å². The van der Waals surface area contributed by atoms with Crippen LogP contribution in [-0.4, -0.2) is 22.3 Å². The van der Waals surface area contributed by atoms with E-state index in [0.717, 1.165) is 16.6 Å². The van der Waals surface area contributed by atoms with E-state index in [4.69, 9.17) is 4.74 Å². The van der Waals surface area contributed by atoms with Crippen molar-refractivity contribution in [1.29, 1.82) is 0 Å². The first-order valence-electron chi connectivity index (χ1n) is 4.66. The highest BCUT2D eigenvalue weighted by Crippen LogP contribution is 2.18. The fraction of sp³-hybridized carbons (Fsp3) is 0.400. The van der Waals surface area contributed by atoms with E-state index >= 15 is 0 Å². The third kappa shape index (κ3) is 1.84. The zero-order chi connectivity index (χ0) is 10.6. The molecule has 0 atom stereocenters. The maximum Gasteiger partial charge on any atom is 0.213 e. The van der Waals surface area contributed by atoms with E-state index < -0.39 is 0 Å². The number of hydrogen-bond acceptors (Lipinski definition) is 3. The molecule has 14 heavy (non-hydrogen) atoms. The van der Waals surface area contributed by atoms with Crippen molar-refractivity contribution in [3.05, 3.63) is 18.0 Å². The maximum absolute atomic E-state index is 4.99. The van der Waals surface area contributed by atoms with Crippen LogP contribution < -0.4 is 4.74 Å². The Hall–Kier alpha value is -1.58. The Balaban J connectivity index is 0.000000461. The van der Waals surface area contributed by atoms with Gasteiger partial charge in [-0.3, -0.25) is 5.10 Å². The van der Waals surface area contributed by atoms with E-state index in [1.165, 1.54) is 0 Å². The molecule has 2 aromatic heterocycles. The number of nitrogens with zero attached hydrogens (tertiary/aromatic N) is 2. The van der Waals surface area contributed by atoms with Crippen molar-refractivity contribution < 1.29 is 4.74 Å².